The Bertz CT molecular complexity index is 536. The van der Waals surface area contributed by atoms with Gasteiger partial charge in [-0.1, -0.05) is 0 Å². The van der Waals surface area contributed by atoms with Crippen molar-refractivity contribution in [2.75, 3.05) is 0 Å². The van der Waals surface area contributed by atoms with Gasteiger partial charge in [0.25, 0.3) is 0 Å². The molecule has 0 aliphatic carbocycles. The van der Waals surface area contributed by atoms with Crippen LogP contribution in [0, 0.1) is 0 Å². The number of halogens is 15. The number of carbonyl (C=O) groups is 1. The summed E-state index contributed by atoms with van der Waals surface area (Å²) in [6.45, 7) is 0. The van der Waals surface area contributed by atoms with Crippen molar-refractivity contribution in [2.45, 2.75) is 41.7 Å². The van der Waals surface area contributed by atoms with Crippen LogP contribution in [0.4, 0.5) is 65.9 Å². The molecule has 0 rings (SSSR count). The van der Waals surface area contributed by atoms with Crippen molar-refractivity contribution >= 4 is 35.5 Å². The molecule has 0 radical (unpaired) electrons. The van der Waals surface area contributed by atoms with E-state index in [9.17, 15) is 70.7 Å². The molecule has 0 aliphatic heterocycles. The van der Waals surface area contributed by atoms with E-state index in [-0.39, 0.29) is 29.6 Å². The quantitative estimate of drug-likeness (QED) is 0.507. The molecule has 2 nitrogen and oxygen atoms in total. The molecule has 0 aliphatic rings. The van der Waals surface area contributed by atoms with Gasteiger partial charge in [-0.3, -0.25) is 0 Å². The summed E-state index contributed by atoms with van der Waals surface area (Å²) < 4.78 is 187. The summed E-state index contributed by atoms with van der Waals surface area (Å²) in [4.78, 5) is 9.72. The van der Waals surface area contributed by atoms with Gasteiger partial charge in [0.2, 0.25) is 0 Å². The fourth-order valence-electron chi connectivity index (χ4n) is 1.10. The number of hydrogen-bond donors (Lipinski definition) is 1. The Morgan fingerprint density at radius 2 is 0.731 bits per heavy atom. The first-order valence-corrected chi connectivity index (χ1v) is 5.01. The summed E-state index contributed by atoms with van der Waals surface area (Å²) in [7, 11) is 0. The predicted octanol–water partition coefficient (Wildman–Crippen LogP) is 3.80. The molecule has 0 heterocycles. The van der Waals surface area contributed by atoms with E-state index in [1.54, 1.807) is 0 Å². The minimum atomic E-state index is -8.47. The van der Waals surface area contributed by atoms with E-state index in [1.165, 1.54) is 0 Å². The first-order chi connectivity index (χ1) is 10.4. The van der Waals surface area contributed by atoms with Crippen LogP contribution in [0.25, 0.3) is 0 Å². The topological polar surface area (TPSA) is 37.3 Å². The van der Waals surface area contributed by atoms with Crippen molar-refractivity contribution in [1.29, 1.82) is 0 Å². The Labute approximate surface area is 153 Å². The zero-order valence-corrected chi connectivity index (χ0v) is 10.5. The van der Waals surface area contributed by atoms with Gasteiger partial charge in [-0.25, -0.2) is 4.79 Å². The molecule has 0 unspecified atom stereocenters. The van der Waals surface area contributed by atoms with Crippen LogP contribution < -0.4 is 0 Å². The van der Waals surface area contributed by atoms with Crippen molar-refractivity contribution in [1.82, 2.24) is 0 Å². The van der Waals surface area contributed by atoms with E-state index < -0.39 is 47.7 Å². The molecule has 0 bridgehead atoms. The average molecular weight is 438 g/mol. The second-order valence-electron chi connectivity index (χ2n) is 4.25. The van der Waals surface area contributed by atoms with Crippen LogP contribution >= 0.6 is 0 Å². The maximum atomic E-state index is 12.8. The van der Waals surface area contributed by atoms with Crippen LogP contribution in [0.2, 0.25) is 0 Å². The monoisotopic (exact) mass is 438 g/mol. The number of aliphatic carboxylic acids is 1. The van der Waals surface area contributed by atoms with Crippen molar-refractivity contribution in [3.8, 4) is 0 Å². The average Bonchev–Trinajstić information content (AvgIpc) is 2.35. The van der Waals surface area contributed by atoms with E-state index in [1.807, 2.05) is 0 Å². The molecule has 0 fully saturated rings. The summed E-state index contributed by atoms with van der Waals surface area (Å²) in [6, 6.07) is 0. The van der Waals surface area contributed by atoms with Gasteiger partial charge in [0.15, 0.2) is 0 Å². The summed E-state index contributed by atoms with van der Waals surface area (Å²) in [5.41, 5.74) is 0. The number of carboxylic acids is 1. The number of carboxylic acid groups (broad SMARTS) is 1. The summed E-state index contributed by atoms with van der Waals surface area (Å²) in [6.07, 6.45) is -7.69. The van der Waals surface area contributed by atoms with Gasteiger partial charge in [-0.2, -0.15) is 65.9 Å². The van der Waals surface area contributed by atoms with Crippen LogP contribution in [0.1, 0.15) is 0 Å². The van der Waals surface area contributed by atoms with Gasteiger partial charge in [-0.05, 0) is 0 Å². The predicted molar refractivity (Wildman–Crippen MR) is 50.5 cm³/mol. The molecule has 26 heavy (non-hydrogen) atoms. The van der Waals surface area contributed by atoms with Crippen molar-refractivity contribution in [2.24, 2.45) is 0 Å². The third kappa shape index (κ3) is 3.33. The molecule has 0 atom stereocenters. The second kappa shape index (κ2) is 6.79. The zero-order valence-electron chi connectivity index (χ0n) is 10.5. The molecule has 0 spiro atoms. The summed E-state index contributed by atoms with van der Waals surface area (Å²) in [5, 5.41) is 7.57. The first-order valence-electron chi connectivity index (χ1n) is 5.01. The van der Waals surface area contributed by atoms with Crippen LogP contribution in [-0.2, 0) is 4.79 Å². The Morgan fingerprint density at radius 1 is 0.500 bits per heavy atom. The fraction of sp³-hybridized carbons (Fsp3) is 0.875. The molecular weight excluding hydrogens is 436 g/mol. The normalized spacial score (nSPS) is 15.5. The van der Waals surface area contributed by atoms with E-state index in [0.29, 0.717) is 0 Å². The Morgan fingerprint density at radius 3 is 0.962 bits per heavy atom. The molecule has 152 valence electrons. The molecule has 0 saturated carbocycles. The van der Waals surface area contributed by atoms with Gasteiger partial charge < -0.3 is 5.11 Å². The molecule has 0 aromatic rings. The van der Waals surface area contributed by atoms with Gasteiger partial charge in [-0.15, -0.1) is 0 Å². The van der Waals surface area contributed by atoms with Gasteiger partial charge in [0, 0.05) is 0 Å². The molecule has 0 saturated heterocycles. The molecule has 0 aromatic heterocycles. The third-order valence-electron chi connectivity index (χ3n) is 2.60. The summed E-state index contributed by atoms with van der Waals surface area (Å²) >= 11 is 0. The van der Waals surface area contributed by atoms with Crippen molar-refractivity contribution < 1.29 is 75.8 Å². The van der Waals surface area contributed by atoms with E-state index in [4.69, 9.17) is 5.11 Å². The zero-order chi connectivity index (χ0) is 21.1. The molecule has 0 aromatic carbocycles. The summed E-state index contributed by atoms with van der Waals surface area (Å²) in [5.74, 6) is -52.8. The number of alkyl halides is 15. The van der Waals surface area contributed by atoms with E-state index in [0.717, 1.165) is 0 Å². The molecule has 18 heteroatoms. The Kier molecular flexibility index (Phi) is 7.22. The van der Waals surface area contributed by atoms with Crippen LogP contribution in [0.5, 0.6) is 0 Å². The third-order valence-corrected chi connectivity index (χ3v) is 2.60. The van der Waals surface area contributed by atoms with Crippen LogP contribution in [-0.4, -0.2) is 82.3 Å². The Hall–Kier alpha value is -0.580. The standard InChI is InChI=1S/C8HF15O2.Na.H/c9-2(10,1(24)25)3(11,12)4(13,14)5(15,16)6(17,18)7(19,20)8(21,22)23;;/h(H,24,25);;. The maximum absolute atomic E-state index is 12.8. The number of hydrogen-bond acceptors (Lipinski definition) is 1. The molecule has 1 N–H and O–H groups in total. The van der Waals surface area contributed by atoms with Crippen LogP contribution in [0.15, 0.2) is 0 Å². The van der Waals surface area contributed by atoms with Crippen molar-refractivity contribution in [3.05, 3.63) is 0 Å². The SMILES string of the molecule is O=C(O)C(F)(F)C(F)(F)C(F)(F)C(F)(F)C(F)(F)C(F)(F)C(F)(F)F.[NaH]. The molecule has 0 amide bonds. The Balaban J connectivity index is 0. The van der Waals surface area contributed by atoms with Gasteiger partial charge in [0.1, 0.15) is 0 Å². The van der Waals surface area contributed by atoms with Gasteiger partial charge >= 0.3 is 77.2 Å². The first kappa shape index (κ1) is 27.6. The van der Waals surface area contributed by atoms with Crippen molar-refractivity contribution in [3.63, 3.8) is 0 Å². The van der Waals surface area contributed by atoms with E-state index >= 15 is 0 Å². The van der Waals surface area contributed by atoms with E-state index in [2.05, 4.69) is 0 Å². The molecular formula is C8H2F15NaO2. The fourth-order valence-corrected chi connectivity index (χ4v) is 1.10. The minimum absolute atomic E-state index is 0. The van der Waals surface area contributed by atoms with Gasteiger partial charge in [0.05, 0.1) is 0 Å². The van der Waals surface area contributed by atoms with Crippen LogP contribution in [0.3, 0.4) is 0 Å². The second-order valence-corrected chi connectivity index (χ2v) is 4.25. The number of rotatable bonds is 6.